The molecule has 0 saturated heterocycles. The molecule has 0 aromatic heterocycles. The lowest BCUT2D eigenvalue weighted by atomic mass is 10.1. The summed E-state index contributed by atoms with van der Waals surface area (Å²) in [6.07, 6.45) is 98.2. The molecule has 0 radical (unpaired) electrons. The highest BCUT2D eigenvalue weighted by atomic mass is 16.6. The average molecular weight is 1120 g/mol. The maximum atomic E-state index is 12.9. The first-order valence-electron chi connectivity index (χ1n) is 33.0. The minimum atomic E-state index is -0.811. The Morgan fingerprint density at radius 3 is 0.765 bits per heavy atom. The Hall–Kier alpha value is -4.97. The van der Waals surface area contributed by atoms with Crippen molar-refractivity contribution in [1.29, 1.82) is 0 Å². The molecule has 0 rings (SSSR count). The molecule has 456 valence electrons. The summed E-state index contributed by atoms with van der Waals surface area (Å²) in [7, 11) is 0. The van der Waals surface area contributed by atoms with Gasteiger partial charge in [-0.05, 0) is 148 Å². The molecule has 0 spiro atoms. The Morgan fingerprint density at radius 1 is 0.259 bits per heavy atom. The second-order valence-electron chi connectivity index (χ2n) is 21.3. The fraction of sp³-hybridized carbons (Fsp3) is 0.613. The van der Waals surface area contributed by atoms with Gasteiger partial charge in [-0.3, -0.25) is 14.4 Å². The van der Waals surface area contributed by atoms with Gasteiger partial charge in [0.15, 0.2) is 6.10 Å². The van der Waals surface area contributed by atoms with Crippen molar-refractivity contribution >= 4 is 17.9 Å². The first kappa shape index (κ1) is 76.0. The topological polar surface area (TPSA) is 78.9 Å². The van der Waals surface area contributed by atoms with Crippen molar-refractivity contribution in [2.24, 2.45) is 0 Å². The van der Waals surface area contributed by atoms with Gasteiger partial charge in [0, 0.05) is 19.3 Å². The fourth-order valence-electron chi connectivity index (χ4n) is 8.62. The molecule has 0 aliphatic heterocycles. The van der Waals surface area contributed by atoms with E-state index in [1.54, 1.807) is 0 Å². The lowest BCUT2D eigenvalue weighted by Crippen LogP contribution is -2.30. The van der Waals surface area contributed by atoms with E-state index in [1.165, 1.54) is 77.0 Å². The number of carbonyl (C=O) groups excluding carboxylic acids is 3. The summed E-state index contributed by atoms with van der Waals surface area (Å²) < 4.78 is 16.9. The number of rotatable bonds is 58. The van der Waals surface area contributed by atoms with Crippen molar-refractivity contribution in [1.82, 2.24) is 0 Å². The van der Waals surface area contributed by atoms with Crippen LogP contribution in [-0.2, 0) is 28.6 Å². The van der Waals surface area contributed by atoms with Crippen LogP contribution in [0, 0.1) is 0 Å². The highest BCUT2D eigenvalue weighted by Gasteiger charge is 2.19. The molecule has 0 heterocycles. The highest BCUT2D eigenvalue weighted by molar-refractivity contribution is 5.71. The van der Waals surface area contributed by atoms with Gasteiger partial charge in [0.05, 0.1) is 0 Å². The molecule has 0 fully saturated rings. The first-order chi connectivity index (χ1) is 40.0. The van der Waals surface area contributed by atoms with Crippen LogP contribution in [0.2, 0.25) is 0 Å². The summed E-state index contributed by atoms with van der Waals surface area (Å²) >= 11 is 0. The largest absolute Gasteiger partial charge is 0.462 e. The smallest absolute Gasteiger partial charge is 0.306 e. The van der Waals surface area contributed by atoms with Crippen LogP contribution in [0.1, 0.15) is 278 Å². The summed E-state index contributed by atoms with van der Waals surface area (Å²) in [4.78, 5) is 38.3. The Balaban J connectivity index is 4.41. The third-order valence-corrected chi connectivity index (χ3v) is 13.5. The van der Waals surface area contributed by atoms with Gasteiger partial charge in [0.1, 0.15) is 13.2 Å². The molecular weight excluding hydrogens is 997 g/mol. The zero-order chi connectivity index (χ0) is 58.5. The second kappa shape index (κ2) is 67.5. The number of allylic oxidation sites excluding steroid dienone is 26. The third kappa shape index (κ3) is 65.7. The predicted octanol–water partition coefficient (Wildman–Crippen LogP) is 22.9. The van der Waals surface area contributed by atoms with Gasteiger partial charge < -0.3 is 14.2 Å². The molecule has 0 amide bonds. The number of carbonyl (C=O) groups is 3. The molecule has 0 saturated carbocycles. The van der Waals surface area contributed by atoms with Gasteiger partial charge in [-0.15, -0.1) is 0 Å². The number of hydrogen-bond donors (Lipinski definition) is 0. The van der Waals surface area contributed by atoms with Crippen LogP contribution in [0.15, 0.2) is 158 Å². The van der Waals surface area contributed by atoms with Crippen molar-refractivity contribution in [3.8, 4) is 0 Å². The normalized spacial score (nSPS) is 13.2. The molecule has 0 aliphatic rings. The summed E-state index contributed by atoms with van der Waals surface area (Å²) in [5, 5.41) is 0. The molecule has 81 heavy (non-hydrogen) atoms. The van der Waals surface area contributed by atoms with Crippen molar-refractivity contribution in [3.63, 3.8) is 0 Å². The second-order valence-corrected chi connectivity index (χ2v) is 21.3. The van der Waals surface area contributed by atoms with E-state index in [2.05, 4.69) is 179 Å². The summed E-state index contributed by atoms with van der Waals surface area (Å²) in [6.45, 7) is 6.35. The van der Waals surface area contributed by atoms with Gasteiger partial charge in [-0.1, -0.05) is 269 Å². The molecule has 1 atom stereocenters. The summed E-state index contributed by atoms with van der Waals surface area (Å²) in [6, 6.07) is 0. The zero-order valence-corrected chi connectivity index (χ0v) is 52.2. The quantitative estimate of drug-likeness (QED) is 0.0261. The third-order valence-electron chi connectivity index (χ3n) is 13.5. The highest BCUT2D eigenvalue weighted by Crippen LogP contribution is 2.14. The lowest BCUT2D eigenvalue weighted by Gasteiger charge is -2.18. The van der Waals surface area contributed by atoms with Gasteiger partial charge in [-0.25, -0.2) is 0 Å². The number of unbranched alkanes of at least 4 members (excludes halogenated alkanes) is 21. The Labute approximate surface area is 499 Å². The van der Waals surface area contributed by atoms with E-state index >= 15 is 0 Å². The van der Waals surface area contributed by atoms with E-state index in [9.17, 15) is 14.4 Å². The van der Waals surface area contributed by atoms with Gasteiger partial charge in [-0.2, -0.15) is 0 Å². The van der Waals surface area contributed by atoms with Crippen LogP contribution in [0.3, 0.4) is 0 Å². The van der Waals surface area contributed by atoms with Crippen molar-refractivity contribution < 1.29 is 28.6 Å². The number of esters is 3. The maximum Gasteiger partial charge on any atom is 0.306 e. The Bertz CT molecular complexity index is 1810. The number of hydrogen-bond acceptors (Lipinski definition) is 6. The molecule has 6 nitrogen and oxygen atoms in total. The van der Waals surface area contributed by atoms with Crippen LogP contribution in [0.4, 0.5) is 0 Å². The molecule has 0 aromatic carbocycles. The minimum absolute atomic E-state index is 0.105. The minimum Gasteiger partial charge on any atom is -0.462 e. The van der Waals surface area contributed by atoms with E-state index < -0.39 is 6.10 Å². The number of ether oxygens (including phenoxy) is 3. The Kier molecular flexibility index (Phi) is 63.4. The van der Waals surface area contributed by atoms with Crippen LogP contribution in [0.5, 0.6) is 0 Å². The van der Waals surface area contributed by atoms with Gasteiger partial charge in [0.25, 0.3) is 0 Å². The maximum absolute atomic E-state index is 12.9. The monoisotopic (exact) mass is 1120 g/mol. The Morgan fingerprint density at radius 2 is 0.481 bits per heavy atom. The van der Waals surface area contributed by atoms with E-state index in [-0.39, 0.29) is 31.1 Å². The summed E-state index contributed by atoms with van der Waals surface area (Å²) in [5.74, 6) is -0.960. The average Bonchev–Trinajstić information content (AvgIpc) is 3.46. The SMILES string of the molecule is CC/C=C\C/C=C\C/C=C\C/C=C\C/C=C\C/C=C\C/C=C\CCCCCCCCCC(=O)OCC(COC(=O)CCCCC/C=C\C/C=C\C/C=C\CC)OC(=O)CCCCCCCC/C=C\C/C=C\C/C=C\CCCCCCC. The van der Waals surface area contributed by atoms with E-state index in [1.807, 2.05) is 0 Å². The molecule has 0 aromatic rings. The first-order valence-corrected chi connectivity index (χ1v) is 33.0. The lowest BCUT2D eigenvalue weighted by molar-refractivity contribution is -0.167. The molecule has 0 bridgehead atoms. The van der Waals surface area contributed by atoms with E-state index in [0.717, 1.165) is 161 Å². The van der Waals surface area contributed by atoms with E-state index in [4.69, 9.17) is 14.2 Å². The van der Waals surface area contributed by atoms with Crippen LogP contribution in [-0.4, -0.2) is 37.2 Å². The van der Waals surface area contributed by atoms with E-state index in [0.29, 0.717) is 19.3 Å². The summed E-state index contributed by atoms with van der Waals surface area (Å²) in [5.41, 5.74) is 0. The van der Waals surface area contributed by atoms with Crippen LogP contribution < -0.4 is 0 Å². The van der Waals surface area contributed by atoms with Gasteiger partial charge >= 0.3 is 17.9 Å². The van der Waals surface area contributed by atoms with Crippen LogP contribution >= 0.6 is 0 Å². The van der Waals surface area contributed by atoms with Crippen LogP contribution in [0.25, 0.3) is 0 Å². The standard InChI is InChI=1S/C75H120O6/c1-4-7-10-13-16-19-22-25-27-29-31-33-34-35-36-37-38-39-40-42-43-45-47-50-53-56-59-62-65-68-74(77)80-71-72(70-79-73(76)67-64-61-58-55-52-49-24-21-18-15-12-9-6-3)81-75(78)69-66-63-60-57-54-51-48-46-44-41-32-30-28-26-23-20-17-14-11-8-5-2/h7,9-10,12,16,18-19,21,23,25-27,30-33,35-36,38-39,42-44,46,49,52,72H,4-6,8,11,13-15,17,20,22,24,28-29,34,37,40-41,45,47-48,50-51,53-71H2,1-3H3/b10-7-,12-9-,19-16-,21-18-,26-23-,27-25-,32-30-,33-31-,36-35-,39-38-,43-42-,46-44-,52-49-. The predicted molar refractivity (Wildman–Crippen MR) is 352 cm³/mol. The molecule has 1 unspecified atom stereocenters. The van der Waals surface area contributed by atoms with Crippen molar-refractivity contribution in [2.75, 3.05) is 13.2 Å². The molecular formula is C75H120O6. The fourth-order valence-corrected chi connectivity index (χ4v) is 8.62. The van der Waals surface area contributed by atoms with Crippen molar-refractivity contribution in [2.45, 2.75) is 284 Å². The van der Waals surface area contributed by atoms with Gasteiger partial charge in [0.2, 0.25) is 0 Å². The molecule has 6 heteroatoms. The molecule has 0 N–H and O–H groups in total. The zero-order valence-electron chi connectivity index (χ0n) is 52.2. The van der Waals surface area contributed by atoms with Crippen molar-refractivity contribution in [3.05, 3.63) is 158 Å². The molecule has 0 aliphatic carbocycles.